The number of rotatable bonds is 4. The lowest BCUT2D eigenvalue weighted by Gasteiger charge is -2.06. The molecule has 0 bridgehead atoms. The first-order chi connectivity index (χ1) is 8.27. The average Bonchev–Trinajstić information content (AvgIpc) is 2.28. The zero-order valence-corrected chi connectivity index (χ0v) is 12.6. The van der Waals surface area contributed by atoms with Crippen LogP contribution < -0.4 is 0 Å². The van der Waals surface area contributed by atoms with Gasteiger partial charge in [-0.25, -0.2) is 13.2 Å². The largest absolute Gasteiger partial charge is 0.478 e. The van der Waals surface area contributed by atoms with Gasteiger partial charge in [0.25, 0.3) is 0 Å². The second kappa shape index (κ2) is 6.06. The molecule has 1 N–H and O–H groups in total. The minimum Gasteiger partial charge on any atom is -0.478 e. The number of carboxylic acids is 1. The highest BCUT2D eigenvalue weighted by atomic mass is 79.9. The highest BCUT2D eigenvalue weighted by Gasteiger charge is 2.19. The molecule has 4 nitrogen and oxygen atoms in total. The molecule has 8 heteroatoms. The van der Waals surface area contributed by atoms with Gasteiger partial charge in [-0.2, -0.15) is 0 Å². The maximum absolute atomic E-state index is 11.9. The molecule has 0 radical (unpaired) electrons. The van der Waals surface area contributed by atoms with Crippen molar-refractivity contribution in [3.8, 4) is 0 Å². The third kappa shape index (κ3) is 3.71. The summed E-state index contributed by atoms with van der Waals surface area (Å²) in [5.41, 5.74) is 0.817. The van der Waals surface area contributed by atoms with Gasteiger partial charge in [0, 0.05) is 15.0 Å². The summed E-state index contributed by atoms with van der Waals surface area (Å²) in [5.74, 6) is -1.70. The summed E-state index contributed by atoms with van der Waals surface area (Å²) in [7, 11) is -3.71. The molecule has 0 aliphatic rings. The lowest BCUT2D eigenvalue weighted by atomic mass is 10.2. The van der Waals surface area contributed by atoms with Crippen LogP contribution in [-0.4, -0.2) is 25.2 Å². The van der Waals surface area contributed by atoms with E-state index in [2.05, 4.69) is 15.9 Å². The van der Waals surface area contributed by atoms with Gasteiger partial charge in [-0.15, -0.1) is 0 Å². The third-order valence-electron chi connectivity index (χ3n) is 1.97. The SMILES string of the molecule is O=C(O)c1cc(S(=O)(=O)CC(Cl)=CCl)ccc1Br. The molecule has 0 heterocycles. The third-order valence-corrected chi connectivity index (χ3v) is 5.10. The first kappa shape index (κ1) is 15.5. The van der Waals surface area contributed by atoms with Gasteiger partial charge < -0.3 is 5.11 Å². The van der Waals surface area contributed by atoms with E-state index in [1.54, 1.807) is 0 Å². The minimum absolute atomic E-state index is 0.0449. The summed E-state index contributed by atoms with van der Waals surface area (Å²) in [6, 6.07) is 3.72. The Balaban J connectivity index is 3.26. The van der Waals surface area contributed by atoms with Crippen molar-refractivity contribution in [1.82, 2.24) is 0 Å². The Labute approximate surface area is 122 Å². The van der Waals surface area contributed by atoms with Gasteiger partial charge in [0.2, 0.25) is 0 Å². The van der Waals surface area contributed by atoms with Crippen LogP contribution in [0.25, 0.3) is 0 Å². The molecule has 0 aliphatic carbocycles. The van der Waals surface area contributed by atoms with Gasteiger partial charge in [-0.3, -0.25) is 0 Å². The standard InChI is InChI=1S/C10H7BrCl2O4S/c11-9-2-1-7(3-8(9)10(14)15)18(16,17)5-6(13)4-12/h1-4H,5H2,(H,14,15). The summed E-state index contributed by atoms with van der Waals surface area (Å²) in [5, 5.41) is 8.86. The molecule has 1 aromatic carbocycles. The average molecular weight is 374 g/mol. The summed E-state index contributed by atoms with van der Waals surface area (Å²) >= 11 is 13.9. The van der Waals surface area contributed by atoms with Crippen molar-refractivity contribution in [3.05, 3.63) is 38.8 Å². The smallest absolute Gasteiger partial charge is 0.336 e. The molecule has 0 aromatic heterocycles. The molecule has 0 amide bonds. The number of carbonyl (C=O) groups is 1. The Kier molecular flexibility index (Phi) is 5.21. The quantitative estimate of drug-likeness (QED) is 0.879. The van der Waals surface area contributed by atoms with Crippen molar-refractivity contribution in [2.24, 2.45) is 0 Å². The van der Waals surface area contributed by atoms with Gasteiger partial charge >= 0.3 is 5.97 Å². The van der Waals surface area contributed by atoms with E-state index in [1.807, 2.05) is 0 Å². The van der Waals surface area contributed by atoms with Gasteiger partial charge in [0.05, 0.1) is 16.2 Å². The van der Waals surface area contributed by atoms with Crippen LogP contribution in [0.15, 0.2) is 38.1 Å². The summed E-state index contributed by atoms with van der Waals surface area (Å²) in [4.78, 5) is 10.8. The first-order valence-electron chi connectivity index (χ1n) is 4.48. The number of benzene rings is 1. The van der Waals surface area contributed by atoms with Gasteiger partial charge in [0.15, 0.2) is 9.84 Å². The number of sulfone groups is 1. The molecule has 98 valence electrons. The normalized spacial score (nSPS) is 12.5. The maximum Gasteiger partial charge on any atom is 0.336 e. The van der Waals surface area contributed by atoms with E-state index >= 15 is 0 Å². The van der Waals surface area contributed by atoms with Crippen LogP contribution in [0.1, 0.15) is 10.4 Å². The Bertz CT molecular complexity index is 610. The van der Waals surface area contributed by atoms with Crippen molar-refractivity contribution < 1.29 is 18.3 Å². The van der Waals surface area contributed by atoms with Crippen molar-refractivity contribution in [1.29, 1.82) is 0 Å². The monoisotopic (exact) mass is 372 g/mol. The van der Waals surface area contributed by atoms with Gasteiger partial charge in [-0.05, 0) is 34.1 Å². The van der Waals surface area contributed by atoms with Crippen molar-refractivity contribution in [3.63, 3.8) is 0 Å². The van der Waals surface area contributed by atoms with Crippen LogP contribution in [0.4, 0.5) is 0 Å². The van der Waals surface area contributed by atoms with E-state index in [-0.39, 0.29) is 15.5 Å². The molecule has 0 fully saturated rings. The van der Waals surface area contributed by atoms with Crippen LogP contribution in [0.2, 0.25) is 0 Å². The molecular weight excluding hydrogens is 367 g/mol. The second-order valence-corrected chi connectivity index (χ2v) is 6.81. The zero-order chi connectivity index (χ0) is 13.9. The van der Waals surface area contributed by atoms with Crippen LogP contribution in [0.5, 0.6) is 0 Å². The molecule has 0 unspecified atom stereocenters. The molecular formula is C10H7BrCl2O4S. The van der Waals surface area contributed by atoms with E-state index in [1.165, 1.54) is 12.1 Å². The van der Waals surface area contributed by atoms with Crippen LogP contribution in [-0.2, 0) is 9.84 Å². The topological polar surface area (TPSA) is 71.4 Å². The number of carboxylic acid groups (broad SMARTS) is 1. The Morgan fingerprint density at radius 1 is 1.44 bits per heavy atom. The molecule has 0 atom stereocenters. The van der Waals surface area contributed by atoms with E-state index < -0.39 is 21.6 Å². The highest BCUT2D eigenvalue weighted by molar-refractivity contribution is 9.10. The summed E-state index contributed by atoms with van der Waals surface area (Å²) in [6.45, 7) is 0. The van der Waals surface area contributed by atoms with E-state index in [9.17, 15) is 13.2 Å². The number of hydrogen-bond donors (Lipinski definition) is 1. The molecule has 1 aromatic rings. The fraction of sp³-hybridized carbons (Fsp3) is 0.100. The molecule has 1 rings (SSSR count). The lowest BCUT2D eigenvalue weighted by Crippen LogP contribution is -2.09. The van der Waals surface area contributed by atoms with Crippen LogP contribution in [0.3, 0.4) is 0 Å². The summed E-state index contributed by atoms with van der Waals surface area (Å²) < 4.78 is 24.1. The molecule has 18 heavy (non-hydrogen) atoms. The molecule has 0 saturated heterocycles. The summed E-state index contributed by atoms with van der Waals surface area (Å²) in [6.07, 6.45) is 0. The van der Waals surface area contributed by atoms with Crippen molar-refractivity contribution >= 4 is 54.9 Å². The van der Waals surface area contributed by atoms with E-state index in [4.69, 9.17) is 28.3 Å². The number of hydrogen-bond acceptors (Lipinski definition) is 3. The van der Waals surface area contributed by atoms with Crippen molar-refractivity contribution in [2.75, 3.05) is 5.75 Å². The maximum atomic E-state index is 11.9. The Morgan fingerprint density at radius 2 is 2.06 bits per heavy atom. The highest BCUT2D eigenvalue weighted by Crippen LogP contribution is 2.23. The van der Waals surface area contributed by atoms with Crippen LogP contribution in [0, 0.1) is 0 Å². The number of aromatic carboxylic acids is 1. The zero-order valence-electron chi connectivity index (χ0n) is 8.73. The van der Waals surface area contributed by atoms with Gasteiger partial charge in [-0.1, -0.05) is 23.2 Å². The van der Waals surface area contributed by atoms with Crippen molar-refractivity contribution in [2.45, 2.75) is 4.90 Å². The Hall–Kier alpha value is -0.560. The molecule has 0 saturated carbocycles. The lowest BCUT2D eigenvalue weighted by molar-refractivity contribution is 0.0695. The second-order valence-electron chi connectivity index (χ2n) is 3.26. The fourth-order valence-corrected chi connectivity index (χ4v) is 3.36. The predicted octanol–water partition coefficient (Wildman–Crippen LogP) is 3.24. The first-order valence-corrected chi connectivity index (χ1v) is 7.74. The number of halogens is 3. The minimum atomic E-state index is -3.71. The molecule has 0 aliphatic heterocycles. The van der Waals surface area contributed by atoms with E-state index in [0.29, 0.717) is 4.47 Å². The molecule has 0 spiro atoms. The fourth-order valence-electron chi connectivity index (χ4n) is 1.16. The van der Waals surface area contributed by atoms with Gasteiger partial charge in [0.1, 0.15) is 0 Å². The van der Waals surface area contributed by atoms with E-state index in [0.717, 1.165) is 11.6 Å². The van der Waals surface area contributed by atoms with Crippen LogP contribution >= 0.6 is 39.1 Å². The Morgan fingerprint density at radius 3 is 2.56 bits per heavy atom. The predicted molar refractivity (Wildman–Crippen MR) is 72.9 cm³/mol.